The average Bonchev–Trinajstić information content (AvgIpc) is 3.25. The van der Waals surface area contributed by atoms with E-state index >= 15 is 0 Å². The van der Waals surface area contributed by atoms with E-state index in [4.69, 9.17) is 4.74 Å². The number of hydrogen-bond acceptors (Lipinski definition) is 5. The topological polar surface area (TPSA) is 95.9 Å². The Bertz CT molecular complexity index is 1220. The molecule has 348 valence electrons. The molecule has 0 saturated carbocycles. The maximum absolute atomic E-state index is 13.2. The number of carbonyl (C=O) groups is 2. The van der Waals surface area contributed by atoms with Gasteiger partial charge in [-0.3, -0.25) is 9.59 Å². The van der Waals surface area contributed by atoms with Crippen molar-refractivity contribution in [3.8, 4) is 0 Å². The fraction of sp³-hybridized carbons (Fsp3) is 0.673. The lowest BCUT2D eigenvalue weighted by Gasteiger charge is -2.24. The predicted molar refractivity (Wildman–Crippen MR) is 264 cm³/mol. The van der Waals surface area contributed by atoms with E-state index in [1.54, 1.807) is 0 Å². The second-order valence-electron chi connectivity index (χ2n) is 16.6. The van der Waals surface area contributed by atoms with E-state index in [9.17, 15) is 19.8 Å². The lowest BCUT2D eigenvalue weighted by Crippen LogP contribution is -2.46. The van der Waals surface area contributed by atoms with Crippen LogP contribution >= 0.6 is 0 Å². The molecule has 0 aromatic heterocycles. The predicted octanol–water partition coefficient (Wildman–Crippen LogP) is 14.9. The summed E-state index contributed by atoms with van der Waals surface area (Å²) in [6, 6.07) is -0.729. The van der Waals surface area contributed by atoms with Gasteiger partial charge in [0.2, 0.25) is 5.91 Å². The standard InChI is InChI=1S/C55H93NO5/c1-4-7-10-13-16-19-22-25-27-30-32-35-38-41-44-47-53(58)52(50-57)56-54(59)49-51(46-43-40-37-34-31-29-26-23-20-17-14-11-8-5-2)61-55(60)48-45-42-39-36-33-28-24-21-18-15-12-9-6-3/h8-9,11-12,15,17-18,20-21,24,26,28-29,33,36,39,51-53,57-58H,4-7,10,13-14,16,19,22-23,25,27,30-32,34-35,37-38,40-50H2,1-3H3,(H,56,59)/b11-8+,12-9+,18-15+,20-17+,24-21-,29-26+,33-28-,39-36+. The number of aliphatic hydroxyl groups is 2. The molecule has 61 heavy (non-hydrogen) atoms. The molecule has 0 aromatic carbocycles. The third-order valence-electron chi connectivity index (χ3n) is 10.8. The van der Waals surface area contributed by atoms with Crippen LogP contribution in [0.3, 0.4) is 0 Å². The molecule has 0 aromatic rings. The van der Waals surface area contributed by atoms with Gasteiger partial charge < -0.3 is 20.3 Å². The summed E-state index contributed by atoms with van der Waals surface area (Å²) in [5.74, 6) is -0.592. The molecule has 3 N–H and O–H groups in total. The van der Waals surface area contributed by atoms with Gasteiger partial charge in [0.15, 0.2) is 0 Å². The van der Waals surface area contributed by atoms with Crippen LogP contribution in [0.5, 0.6) is 0 Å². The van der Waals surface area contributed by atoms with E-state index in [1.165, 1.54) is 77.0 Å². The molecule has 0 heterocycles. The Balaban J connectivity index is 4.71. The number of carbonyl (C=O) groups excluding carboxylic acids is 2. The minimum Gasteiger partial charge on any atom is -0.462 e. The van der Waals surface area contributed by atoms with Gasteiger partial charge >= 0.3 is 5.97 Å². The largest absolute Gasteiger partial charge is 0.462 e. The van der Waals surface area contributed by atoms with E-state index in [1.807, 2.05) is 54.7 Å². The molecular weight excluding hydrogens is 755 g/mol. The van der Waals surface area contributed by atoms with E-state index in [0.717, 1.165) is 83.5 Å². The van der Waals surface area contributed by atoms with Crippen molar-refractivity contribution in [2.45, 2.75) is 232 Å². The van der Waals surface area contributed by atoms with E-state index in [2.05, 4.69) is 68.6 Å². The fourth-order valence-electron chi connectivity index (χ4n) is 7.06. The molecule has 6 heteroatoms. The molecule has 6 nitrogen and oxygen atoms in total. The number of ether oxygens (including phenoxy) is 1. The average molecular weight is 848 g/mol. The smallest absolute Gasteiger partial charge is 0.306 e. The van der Waals surface area contributed by atoms with Gasteiger partial charge in [0.25, 0.3) is 0 Å². The summed E-state index contributed by atoms with van der Waals surface area (Å²) in [6.45, 7) is 6.20. The summed E-state index contributed by atoms with van der Waals surface area (Å²) in [6.07, 6.45) is 63.3. The first kappa shape index (κ1) is 57.8. The van der Waals surface area contributed by atoms with Crippen LogP contribution in [0.4, 0.5) is 0 Å². The molecule has 3 atom stereocenters. The van der Waals surface area contributed by atoms with Gasteiger partial charge in [0.1, 0.15) is 6.10 Å². The van der Waals surface area contributed by atoms with Crippen LogP contribution in [0.2, 0.25) is 0 Å². The molecule has 0 rings (SSSR count). The van der Waals surface area contributed by atoms with Gasteiger partial charge in [-0.05, 0) is 70.6 Å². The van der Waals surface area contributed by atoms with Gasteiger partial charge in [0, 0.05) is 6.42 Å². The zero-order valence-corrected chi connectivity index (χ0v) is 39.5. The number of esters is 1. The van der Waals surface area contributed by atoms with Gasteiger partial charge in [-0.25, -0.2) is 0 Å². The number of hydrogen-bond donors (Lipinski definition) is 3. The van der Waals surface area contributed by atoms with Crippen molar-refractivity contribution in [3.63, 3.8) is 0 Å². The van der Waals surface area contributed by atoms with Crippen molar-refractivity contribution in [2.24, 2.45) is 0 Å². The normalized spacial score (nSPS) is 14.1. The van der Waals surface area contributed by atoms with Crippen LogP contribution in [0.25, 0.3) is 0 Å². The second kappa shape index (κ2) is 47.8. The van der Waals surface area contributed by atoms with Crippen molar-refractivity contribution in [1.29, 1.82) is 0 Å². The third kappa shape index (κ3) is 43.2. The summed E-state index contributed by atoms with van der Waals surface area (Å²) in [7, 11) is 0. The van der Waals surface area contributed by atoms with Crippen molar-refractivity contribution < 1.29 is 24.5 Å². The van der Waals surface area contributed by atoms with Gasteiger partial charge in [-0.1, -0.05) is 227 Å². The van der Waals surface area contributed by atoms with Crippen LogP contribution in [-0.2, 0) is 14.3 Å². The SMILES string of the molecule is CC/C=C/C=C/C=C\C=C/C=C/CCCC(=O)OC(CCCCCC/C=C/C/C=C/C/C=C/CC)CC(=O)NC(CO)C(O)CCCCCCCCCCCCCCCCC. The maximum atomic E-state index is 13.2. The van der Waals surface area contributed by atoms with Crippen LogP contribution in [0.15, 0.2) is 97.2 Å². The molecular formula is C55H93NO5. The molecule has 1 amide bonds. The Morgan fingerprint density at radius 2 is 0.967 bits per heavy atom. The summed E-state index contributed by atoms with van der Waals surface area (Å²) in [4.78, 5) is 26.1. The monoisotopic (exact) mass is 848 g/mol. The summed E-state index contributed by atoms with van der Waals surface area (Å²) in [5.41, 5.74) is 0. The molecule has 0 fully saturated rings. The van der Waals surface area contributed by atoms with Crippen molar-refractivity contribution in [3.05, 3.63) is 97.2 Å². The zero-order valence-electron chi connectivity index (χ0n) is 39.5. The first-order valence-electron chi connectivity index (χ1n) is 25.0. The maximum Gasteiger partial charge on any atom is 0.306 e. The molecule has 0 radical (unpaired) electrons. The Kier molecular flexibility index (Phi) is 45.3. The van der Waals surface area contributed by atoms with Crippen LogP contribution < -0.4 is 5.32 Å². The number of allylic oxidation sites excluding steroid dienone is 16. The lowest BCUT2D eigenvalue weighted by atomic mass is 10.0. The Morgan fingerprint density at radius 1 is 0.508 bits per heavy atom. The Hall–Kier alpha value is -3.22. The van der Waals surface area contributed by atoms with E-state index in [0.29, 0.717) is 19.3 Å². The number of rotatable bonds is 43. The first-order chi connectivity index (χ1) is 30.0. The molecule has 0 spiro atoms. The molecule has 0 saturated heterocycles. The number of amides is 1. The van der Waals surface area contributed by atoms with Crippen molar-refractivity contribution in [2.75, 3.05) is 6.61 Å². The van der Waals surface area contributed by atoms with Crippen molar-refractivity contribution in [1.82, 2.24) is 5.32 Å². The minimum absolute atomic E-state index is 0.0285. The highest BCUT2D eigenvalue weighted by Gasteiger charge is 2.24. The van der Waals surface area contributed by atoms with Gasteiger partial charge in [-0.2, -0.15) is 0 Å². The van der Waals surface area contributed by atoms with Crippen molar-refractivity contribution >= 4 is 11.9 Å². The van der Waals surface area contributed by atoms with Gasteiger partial charge in [0.05, 0.1) is 25.2 Å². The Morgan fingerprint density at radius 3 is 1.52 bits per heavy atom. The molecule has 0 bridgehead atoms. The number of nitrogens with one attached hydrogen (secondary N) is 1. The Labute approximate surface area is 376 Å². The zero-order chi connectivity index (χ0) is 44.5. The summed E-state index contributed by atoms with van der Waals surface area (Å²) in [5, 5.41) is 23.7. The number of aliphatic hydroxyl groups excluding tert-OH is 2. The van der Waals surface area contributed by atoms with E-state index in [-0.39, 0.29) is 31.3 Å². The fourth-order valence-corrected chi connectivity index (χ4v) is 7.06. The van der Waals surface area contributed by atoms with Crippen LogP contribution in [-0.4, -0.2) is 46.9 Å². The highest BCUT2D eigenvalue weighted by Crippen LogP contribution is 2.17. The van der Waals surface area contributed by atoms with Crippen LogP contribution in [0, 0.1) is 0 Å². The number of unbranched alkanes of at least 4 members (excludes halogenated alkanes) is 19. The molecule has 0 aliphatic rings. The molecule has 3 unspecified atom stereocenters. The first-order valence-corrected chi connectivity index (χ1v) is 25.0. The highest BCUT2D eigenvalue weighted by atomic mass is 16.5. The quantitative estimate of drug-likeness (QED) is 0.0246. The summed E-state index contributed by atoms with van der Waals surface area (Å²) < 4.78 is 5.87. The molecule has 0 aliphatic heterocycles. The summed E-state index contributed by atoms with van der Waals surface area (Å²) >= 11 is 0. The molecule has 0 aliphatic carbocycles. The third-order valence-corrected chi connectivity index (χ3v) is 10.8. The minimum atomic E-state index is -0.811. The van der Waals surface area contributed by atoms with Crippen LogP contribution in [0.1, 0.15) is 213 Å². The highest BCUT2D eigenvalue weighted by molar-refractivity contribution is 5.77. The van der Waals surface area contributed by atoms with E-state index < -0.39 is 18.2 Å². The lowest BCUT2D eigenvalue weighted by molar-refractivity contribution is -0.151. The second-order valence-corrected chi connectivity index (χ2v) is 16.6. The van der Waals surface area contributed by atoms with Gasteiger partial charge in [-0.15, -0.1) is 0 Å².